The van der Waals surface area contributed by atoms with Gasteiger partial charge < -0.3 is 10.6 Å². The van der Waals surface area contributed by atoms with Gasteiger partial charge in [-0.1, -0.05) is 17.7 Å². The number of hydrogen-bond donors (Lipinski definition) is 2. The summed E-state index contributed by atoms with van der Waals surface area (Å²) in [5.41, 5.74) is 4.87. The topological polar surface area (TPSA) is 49.8 Å². The molecule has 0 fully saturated rings. The predicted molar refractivity (Wildman–Crippen MR) is 98.8 cm³/mol. The van der Waals surface area contributed by atoms with E-state index in [1.54, 1.807) is 12.3 Å². The second-order valence-corrected chi connectivity index (χ2v) is 6.22. The third-order valence-electron chi connectivity index (χ3n) is 4.12. The standard InChI is InChI=1S/C20H16F2N4/c1-12-8-13-2-4-16(10-14(13)9-12)24-19-6-7-23-20(26-19)25-18-5-3-15(21)11-17(18)22/h2-7,9-11H,8H2,1H3,(H2,23,24,25,26). The second kappa shape index (κ2) is 6.55. The first-order chi connectivity index (χ1) is 12.6. The van der Waals surface area contributed by atoms with Crippen molar-refractivity contribution in [2.24, 2.45) is 0 Å². The Morgan fingerprint density at radius 1 is 1.00 bits per heavy atom. The number of halogens is 2. The van der Waals surface area contributed by atoms with Gasteiger partial charge in [0.25, 0.3) is 0 Å². The van der Waals surface area contributed by atoms with E-state index < -0.39 is 11.6 Å². The van der Waals surface area contributed by atoms with Crippen molar-refractivity contribution in [3.05, 3.63) is 77.0 Å². The summed E-state index contributed by atoms with van der Waals surface area (Å²) in [6.45, 7) is 2.12. The zero-order valence-corrected chi connectivity index (χ0v) is 14.1. The first-order valence-corrected chi connectivity index (χ1v) is 8.19. The summed E-state index contributed by atoms with van der Waals surface area (Å²) in [5.74, 6) is -0.543. The minimum absolute atomic E-state index is 0.113. The Morgan fingerprint density at radius 3 is 2.73 bits per heavy atom. The summed E-state index contributed by atoms with van der Waals surface area (Å²) in [5, 5.41) is 5.98. The highest BCUT2D eigenvalue weighted by atomic mass is 19.1. The number of nitrogens with zero attached hydrogens (tertiary/aromatic N) is 2. The highest BCUT2D eigenvalue weighted by Crippen LogP contribution is 2.28. The molecule has 1 aromatic heterocycles. The fraction of sp³-hybridized carbons (Fsp3) is 0.100. The van der Waals surface area contributed by atoms with E-state index in [0.717, 1.165) is 18.2 Å². The Morgan fingerprint density at radius 2 is 1.88 bits per heavy atom. The Balaban J connectivity index is 1.54. The summed E-state index contributed by atoms with van der Waals surface area (Å²) in [6.07, 6.45) is 4.72. The summed E-state index contributed by atoms with van der Waals surface area (Å²) >= 11 is 0. The maximum Gasteiger partial charge on any atom is 0.229 e. The molecule has 1 heterocycles. The Labute approximate surface area is 149 Å². The molecule has 4 nitrogen and oxygen atoms in total. The van der Waals surface area contributed by atoms with Crippen LogP contribution in [0.1, 0.15) is 18.1 Å². The van der Waals surface area contributed by atoms with Crippen molar-refractivity contribution in [1.29, 1.82) is 0 Å². The number of allylic oxidation sites excluding steroid dienone is 1. The molecule has 0 saturated carbocycles. The molecule has 26 heavy (non-hydrogen) atoms. The van der Waals surface area contributed by atoms with Crippen LogP contribution in [0, 0.1) is 11.6 Å². The maximum absolute atomic E-state index is 13.8. The van der Waals surface area contributed by atoms with Gasteiger partial charge in [0.05, 0.1) is 5.69 Å². The minimum Gasteiger partial charge on any atom is -0.340 e. The molecule has 0 radical (unpaired) electrons. The van der Waals surface area contributed by atoms with E-state index in [9.17, 15) is 8.78 Å². The third kappa shape index (κ3) is 3.39. The first-order valence-electron chi connectivity index (χ1n) is 8.19. The van der Waals surface area contributed by atoms with Crippen LogP contribution in [0.5, 0.6) is 0 Å². The van der Waals surface area contributed by atoms with Crippen molar-refractivity contribution < 1.29 is 8.78 Å². The van der Waals surface area contributed by atoms with Crippen molar-refractivity contribution in [1.82, 2.24) is 9.97 Å². The number of anilines is 4. The molecule has 0 amide bonds. The fourth-order valence-corrected chi connectivity index (χ4v) is 2.93. The van der Waals surface area contributed by atoms with Crippen molar-refractivity contribution in [3.8, 4) is 0 Å². The lowest BCUT2D eigenvalue weighted by atomic mass is 10.1. The number of rotatable bonds is 4. The van der Waals surface area contributed by atoms with Gasteiger partial charge in [-0.2, -0.15) is 4.98 Å². The summed E-state index contributed by atoms with van der Waals surface area (Å²) in [7, 11) is 0. The van der Waals surface area contributed by atoms with Crippen molar-refractivity contribution in [2.45, 2.75) is 13.3 Å². The molecule has 1 aliphatic rings. The second-order valence-electron chi connectivity index (χ2n) is 6.22. The van der Waals surface area contributed by atoms with E-state index in [1.165, 1.54) is 28.8 Å². The summed E-state index contributed by atoms with van der Waals surface area (Å²) in [4.78, 5) is 8.40. The van der Waals surface area contributed by atoms with Crippen LogP contribution in [0.2, 0.25) is 0 Å². The lowest BCUT2D eigenvalue weighted by Crippen LogP contribution is -2.02. The van der Waals surface area contributed by atoms with Crippen molar-refractivity contribution in [2.75, 3.05) is 10.6 Å². The number of nitrogens with one attached hydrogen (secondary N) is 2. The van der Waals surface area contributed by atoms with Crippen LogP contribution < -0.4 is 10.6 Å². The Kier molecular flexibility index (Phi) is 4.08. The van der Waals surface area contributed by atoms with E-state index in [4.69, 9.17) is 0 Å². The molecule has 3 aromatic rings. The lowest BCUT2D eigenvalue weighted by molar-refractivity contribution is 0.586. The van der Waals surface area contributed by atoms with Gasteiger partial charge >= 0.3 is 0 Å². The highest BCUT2D eigenvalue weighted by Gasteiger charge is 2.11. The monoisotopic (exact) mass is 350 g/mol. The average Bonchev–Trinajstić information content (AvgIpc) is 2.97. The smallest absolute Gasteiger partial charge is 0.229 e. The predicted octanol–water partition coefficient (Wildman–Crippen LogP) is 5.20. The van der Waals surface area contributed by atoms with E-state index in [2.05, 4.69) is 45.7 Å². The van der Waals surface area contributed by atoms with Crippen LogP contribution in [-0.2, 0) is 6.42 Å². The number of benzene rings is 2. The number of hydrogen-bond acceptors (Lipinski definition) is 4. The van der Waals surface area contributed by atoms with Crippen molar-refractivity contribution >= 4 is 29.2 Å². The largest absolute Gasteiger partial charge is 0.340 e. The zero-order valence-electron chi connectivity index (χ0n) is 14.1. The fourth-order valence-electron chi connectivity index (χ4n) is 2.93. The molecule has 6 heteroatoms. The van der Waals surface area contributed by atoms with Gasteiger partial charge in [0.1, 0.15) is 17.5 Å². The van der Waals surface area contributed by atoms with Crippen LogP contribution in [0.4, 0.5) is 31.9 Å². The summed E-state index contributed by atoms with van der Waals surface area (Å²) in [6, 6.07) is 11.2. The van der Waals surface area contributed by atoms with E-state index in [-0.39, 0.29) is 11.6 Å². The molecule has 0 bridgehead atoms. The molecular formula is C20H16F2N4. The molecule has 130 valence electrons. The lowest BCUT2D eigenvalue weighted by Gasteiger charge is -2.10. The molecule has 1 aliphatic carbocycles. The van der Waals surface area contributed by atoms with Crippen LogP contribution in [0.15, 0.2) is 54.2 Å². The Bertz CT molecular complexity index is 1010. The van der Waals surface area contributed by atoms with Crippen molar-refractivity contribution in [3.63, 3.8) is 0 Å². The molecule has 0 atom stereocenters. The molecule has 0 saturated heterocycles. The highest BCUT2D eigenvalue weighted by molar-refractivity contribution is 5.70. The van der Waals surface area contributed by atoms with Gasteiger partial charge in [-0.05, 0) is 54.8 Å². The van der Waals surface area contributed by atoms with Gasteiger partial charge in [0, 0.05) is 18.0 Å². The molecule has 2 aromatic carbocycles. The first kappa shape index (κ1) is 16.2. The molecule has 0 spiro atoms. The van der Waals surface area contributed by atoms with Crippen LogP contribution in [0.3, 0.4) is 0 Å². The molecule has 2 N–H and O–H groups in total. The quantitative estimate of drug-likeness (QED) is 0.679. The SMILES string of the molecule is CC1=Cc2cc(Nc3ccnc(Nc4ccc(F)cc4F)n3)ccc2C1. The van der Waals surface area contributed by atoms with E-state index in [1.807, 2.05) is 6.07 Å². The van der Waals surface area contributed by atoms with Gasteiger partial charge in [0.2, 0.25) is 5.95 Å². The number of fused-ring (bicyclic) bond motifs is 1. The maximum atomic E-state index is 13.8. The van der Waals surface area contributed by atoms with Crippen LogP contribution >= 0.6 is 0 Å². The van der Waals surface area contributed by atoms with Crippen LogP contribution in [0.25, 0.3) is 6.08 Å². The van der Waals surface area contributed by atoms with E-state index in [0.29, 0.717) is 5.82 Å². The zero-order chi connectivity index (χ0) is 18.1. The Hall–Kier alpha value is -3.28. The van der Waals surface area contributed by atoms with Gasteiger partial charge in [0.15, 0.2) is 0 Å². The molecule has 4 rings (SSSR count). The molecule has 0 aliphatic heterocycles. The summed E-state index contributed by atoms with van der Waals surface area (Å²) < 4.78 is 26.8. The average molecular weight is 350 g/mol. The normalized spacial score (nSPS) is 12.5. The molecular weight excluding hydrogens is 334 g/mol. The third-order valence-corrected chi connectivity index (χ3v) is 4.12. The van der Waals surface area contributed by atoms with Gasteiger partial charge in [-0.15, -0.1) is 0 Å². The van der Waals surface area contributed by atoms with Gasteiger partial charge in [-0.25, -0.2) is 13.8 Å². The van der Waals surface area contributed by atoms with E-state index >= 15 is 0 Å². The minimum atomic E-state index is -0.701. The molecule has 0 unspecified atom stereocenters. The van der Waals surface area contributed by atoms with Gasteiger partial charge in [-0.3, -0.25) is 0 Å². The van der Waals surface area contributed by atoms with Crippen LogP contribution in [-0.4, -0.2) is 9.97 Å². The number of aromatic nitrogens is 2.